The minimum atomic E-state index is -0.297. The molecule has 3 rings (SSSR count). The monoisotopic (exact) mass is 371 g/mol. The van der Waals surface area contributed by atoms with Crippen LogP contribution in [0.2, 0.25) is 5.02 Å². The van der Waals surface area contributed by atoms with Gasteiger partial charge in [0.15, 0.2) is 17.3 Å². The van der Waals surface area contributed by atoms with Crippen molar-refractivity contribution in [2.75, 3.05) is 20.3 Å². The van der Waals surface area contributed by atoms with Gasteiger partial charge in [0.05, 0.1) is 13.7 Å². The Bertz CT molecular complexity index is 874. The first-order valence-corrected chi connectivity index (χ1v) is 8.45. The molecule has 0 bridgehead atoms. The number of methoxy groups -OCH3 is 1. The Balaban J connectivity index is 1.52. The van der Waals surface area contributed by atoms with Crippen LogP contribution in [0.1, 0.15) is 10.6 Å². The first-order chi connectivity index (χ1) is 12.7. The molecule has 0 unspecified atom stereocenters. The van der Waals surface area contributed by atoms with Crippen molar-refractivity contribution in [1.82, 2.24) is 5.32 Å². The molecule has 0 aliphatic carbocycles. The van der Waals surface area contributed by atoms with Crippen molar-refractivity contribution in [2.45, 2.75) is 0 Å². The average molecular weight is 372 g/mol. The molecule has 0 spiro atoms. The van der Waals surface area contributed by atoms with E-state index in [1.165, 1.54) is 0 Å². The van der Waals surface area contributed by atoms with Gasteiger partial charge in [0.25, 0.3) is 5.91 Å². The van der Waals surface area contributed by atoms with E-state index in [9.17, 15) is 4.79 Å². The number of para-hydroxylation sites is 2. The quantitative estimate of drug-likeness (QED) is 0.624. The molecule has 3 aromatic rings. The van der Waals surface area contributed by atoms with Gasteiger partial charge in [0, 0.05) is 10.6 Å². The summed E-state index contributed by atoms with van der Waals surface area (Å²) in [5.41, 5.74) is 0.855. The third-order valence-corrected chi connectivity index (χ3v) is 3.92. The molecule has 0 atom stereocenters. The molecule has 0 aliphatic rings. The van der Waals surface area contributed by atoms with Crippen molar-refractivity contribution in [3.8, 4) is 22.8 Å². The van der Waals surface area contributed by atoms with Gasteiger partial charge >= 0.3 is 0 Å². The number of carbonyl (C=O) groups is 1. The maximum absolute atomic E-state index is 12.2. The highest BCUT2D eigenvalue weighted by molar-refractivity contribution is 6.30. The summed E-state index contributed by atoms with van der Waals surface area (Å²) in [6, 6.07) is 18.0. The van der Waals surface area contributed by atoms with Gasteiger partial charge in [-0.3, -0.25) is 4.79 Å². The number of ether oxygens (including phenoxy) is 2. The minimum absolute atomic E-state index is 0.243. The fourth-order valence-electron chi connectivity index (χ4n) is 2.38. The van der Waals surface area contributed by atoms with Gasteiger partial charge in [-0.1, -0.05) is 23.7 Å². The van der Waals surface area contributed by atoms with E-state index >= 15 is 0 Å². The second kappa shape index (κ2) is 8.45. The lowest BCUT2D eigenvalue weighted by molar-refractivity contribution is 0.0920. The van der Waals surface area contributed by atoms with Crippen LogP contribution in [0.3, 0.4) is 0 Å². The molecule has 6 heteroatoms. The summed E-state index contributed by atoms with van der Waals surface area (Å²) >= 11 is 5.87. The summed E-state index contributed by atoms with van der Waals surface area (Å²) in [5, 5.41) is 3.41. The maximum atomic E-state index is 12.2. The van der Waals surface area contributed by atoms with Crippen LogP contribution in [0.5, 0.6) is 11.5 Å². The van der Waals surface area contributed by atoms with Crippen LogP contribution in [0.15, 0.2) is 65.1 Å². The van der Waals surface area contributed by atoms with Crippen LogP contribution in [0.25, 0.3) is 11.3 Å². The van der Waals surface area contributed by atoms with Gasteiger partial charge in [-0.15, -0.1) is 0 Å². The minimum Gasteiger partial charge on any atom is -0.493 e. The average Bonchev–Trinajstić information content (AvgIpc) is 3.16. The zero-order valence-electron chi connectivity index (χ0n) is 14.2. The highest BCUT2D eigenvalue weighted by atomic mass is 35.5. The van der Waals surface area contributed by atoms with Crippen LogP contribution in [-0.2, 0) is 0 Å². The lowest BCUT2D eigenvalue weighted by Crippen LogP contribution is -2.27. The highest BCUT2D eigenvalue weighted by Crippen LogP contribution is 2.26. The maximum Gasteiger partial charge on any atom is 0.287 e. The fourth-order valence-corrected chi connectivity index (χ4v) is 2.51. The van der Waals surface area contributed by atoms with E-state index in [0.29, 0.717) is 35.4 Å². The van der Waals surface area contributed by atoms with E-state index in [2.05, 4.69) is 5.32 Å². The summed E-state index contributed by atoms with van der Waals surface area (Å²) in [7, 11) is 1.58. The highest BCUT2D eigenvalue weighted by Gasteiger charge is 2.12. The number of nitrogens with one attached hydrogen (secondary N) is 1. The number of rotatable bonds is 7. The van der Waals surface area contributed by atoms with E-state index in [4.69, 9.17) is 25.5 Å². The molecule has 5 nitrogen and oxygen atoms in total. The summed E-state index contributed by atoms with van der Waals surface area (Å²) in [4.78, 5) is 12.2. The van der Waals surface area contributed by atoms with E-state index in [1.54, 1.807) is 31.4 Å². The van der Waals surface area contributed by atoms with Crippen LogP contribution < -0.4 is 14.8 Å². The van der Waals surface area contributed by atoms with Gasteiger partial charge < -0.3 is 19.2 Å². The molecule has 0 aliphatic heterocycles. The lowest BCUT2D eigenvalue weighted by Gasteiger charge is -2.10. The Kier molecular flexibility index (Phi) is 5.81. The Labute approximate surface area is 156 Å². The lowest BCUT2D eigenvalue weighted by atomic mass is 10.2. The first kappa shape index (κ1) is 17.9. The number of carbonyl (C=O) groups excluding carboxylic acids is 1. The second-order valence-electron chi connectivity index (χ2n) is 5.43. The second-order valence-corrected chi connectivity index (χ2v) is 5.86. The number of furan rings is 1. The third-order valence-electron chi connectivity index (χ3n) is 3.67. The molecule has 2 aromatic carbocycles. The molecular formula is C20H18ClNO4. The molecule has 0 radical (unpaired) electrons. The van der Waals surface area contributed by atoms with Gasteiger partial charge in [0.1, 0.15) is 12.4 Å². The van der Waals surface area contributed by atoms with Crippen molar-refractivity contribution in [3.63, 3.8) is 0 Å². The van der Waals surface area contributed by atoms with Crippen LogP contribution in [0.4, 0.5) is 0 Å². The normalized spacial score (nSPS) is 10.4. The first-order valence-electron chi connectivity index (χ1n) is 8.07. The third kappa shape index (κ3) is 4.37. The molecule has 0 fully saturated rings. The number of halogens is 1. The van der Waals surface area contributed by atoms with Crippen molar-refractivity contribution in [3.05, 3.63) is 71.4 Å². The molecular weight excluding hydrogens is 354 g/mol. The summed E-state index contributed by atoms with van der Waals surface area (Å²) < 4.78 is 16.4. The molecule has 1 heterocycles. The number of amides is 1. The Morgan fingerprint density at radius 2 is 1.77 bits per heavy atom. The van der Waals surface area contributed by atoms with E-state index in [-0.39, 0.29) is 11.7 Å². The predicted octanol–water partition coefficient (Wildman–Crippen LogP) is 4.42. The van der Waals surface area contributed by atoms with Crippen LogP contribution in [0, 0.1) is 0 Å². The number of benzene rings is 2. The molecule has 0 saturated carbocycles. The summed E-state index contributed by atoms with van der Waals surface area (Å²) in [5.74, 6) is 1.84. The molecule has 134 valence electrons. The Morgan fingerprint density at radius 1 is 1.04 bits per heavy atom. The van der Waals surface area contributed by atoms with Gasteiger partial charge in [-0.2, -0.15) is 0 Å². The van der Waals surface area contributed by atoms with Gasteiger partial charge in [-0.05, 0) is 48.5 Å². The van der Waals surface area contributed by atoms with Crippen molar-refractivity contribution in [2.24, 2.45) is 0 Å². The zero-order chi connectivity index (χ0) is 18.4. The van der Waals surface area contributed by atoms with E-state index < -0.39 is 0 Å². The number of hydrogen-bond acceptors (Lipinski definition) is 4. The fraction of sp³-hybridized carbons (Fsp3) is 0.150. The molecule has 0 saturated heterocycles. The molecule has 1 aromatic heterocycles. The van der Waals surface area contributed by atoms with Crippen molar-refractivity contribution < 1.29 is 18.7 Å². The van der Waals surface area contributed by atoms with E-state index in [0.717, 1.165) is 5.56 Å². The predicted molar refractivity (Wildman–Crippen MR) is 100.0 cm³/mol. The van der Waals surface area contributed by atoms with Crippen molar-refractivity contribution >= 4 is 17.5 Å². The molecule has 26 heavy (non-hydrogen) atoms. The zero-order valence-corrected chi connectivity index (χ0v) is 15.0. The standard InChI is InChI=1S/C20H18ClNO4/c1-24-17-4-2-3-5-18(17)25-13-12-22-20(23)19-11-10-16(26-19)14-6-8-15(21)9-7-14/h2-11H,12-13H2,1H3,(H,22,23). The molecule has 1 amide bonds. The Hall–Kier alpha value is -2.92. The Morgan fingerprint density at radius 3 is 2.50 bits per heavy atom. The largest absolute Gasteiger partial charge is 0.493 e. The summed E-state index contributed by atoms with van der Waals surface area (Å²) in [6.45, 7) is 0.657. The van der Waals surface area contributed by atoms with Gasteiger partial charge in [-0.25, -0.2) is 0 Å². The van der Waals surface area contributed by atoms with Crippen LogP contribution >= 0.6 is 11.6 Å². The topological polar surface area (TPSA) is 60.7 Å². The number of hydrogen-bond donors (Lipinski definition) is 1. The smallest absolute Gasteiger partial charge is 0.287 e. The van der Waals surface area contributed by atoms with Gasteiger partial charge in [0.2, 0.25) is 0 Å². The molecule has 1 N–H and O–H groups in total. The summed E-state index contributed by atoms with van der Waals surface area (Å²) in [6.07, 6.45) is 0. The van der Waals surface area contributed by atoms with Crippen molar-refractivity contribution in [1.29, 1.82) is 0 Å². The van der Waals surface area contributed by atoms with E-state index in [1.807, 2.05) is 36.4 Å². The van der Waals surface area contributed by atoms with Crippen LogP contribution in [-0.4, -0.2) is 26.2 Å². The SMILES string of the molecule is COc1ccccc1OCCNC(=O)c1ccc(-c2ccc(Cl)cc2)o1.